The van der Waals surface area contributed by atoms with E-state index in [1.807, 2.05) is 44.2 Å². The van der Waals surface area contributed by atoms with Crippen molar-refractivity contribution in [1.82, 2.24) is 0 Å². The standard InChI is InChI=1S/C18H26O6/c1-11(2)22-18-16(20-4)15(19-3)14-13(23-18)10-21-17(24-14)12-8-6-5-7-9-12/h5-9,11,13-18H,10H2,1-4H3/t13-,14-,15+,16+,17?,18-/m1/s1. The van der Waals surface area contributed by atoms with Gasteiger partial charge in [0.05, 0.1) is 12.7 Å². The molecule has 0 aliphatic carbocycles. The van der Waals surface area contributed by atoms with Crippen LogP contribution in [0.15, 0.2) is 30.3 Å². The minimum atomic E-state index is -0.512. The van der Waals surface area contributed by atoms with E-state index in [0.717, 1.165) is 5.56 Å². The SMILES string of the molecule is CO[C@@H]1[C@H](OC)[C@H](OC(C)C)O[C@@H]2COC(c3ccccc3)O[C@@H]12. The third kappa shape index (κ3) is 3.64. The number of rotatable bonds is 5. The second kappa shape index (κ2) is 7.91. The van der Waals surface area contributed by atoms with Crippen molar-refractivity contribution in [1.29, 1.82) is 0 Å². The first-order valence-corrected chi connectivity index (χ1v) is 8.32. The van der Waals surface area contributed by atoms with Gasteiger partial charge in [0.15, 0.2) is 12.6 Å². The molecule has 6 heteroatoms. The second-order valence-electron chi connectivity index (χ2n) is 6.31. The molecule has 2 heterocycles. The number of hydrogen-bond donors (Lipinski definition) is 0. The Hall–Kier alpha value is -1.02. The maximum absolute atomic E-state index is 6.16. The lowest BCUT2D eigenvalue weighted by atomic mass is 9.97. The van der Waals surface area contributed by atoms with Gasteiger partial charge in [-0.3, -0.25) is 0 Å². The summed E-state index contributed by atoms with van der Waals surface area (Å²) in [6, 6.07) is 9.85. The predicted molar refractivity (Wildman–Crippen MR) is 86.5 cm³/mol. The molecule has 2 aliphatic heterocycles. The summed E-state index contributed by atoms with van der Waals surface area (Å²) in [6.45, 7) is 4.34. The van der Waals surface area contributed by atoms with E-state index in [9.17, 15) is 0 Å². The molecule has 0 amide bonds. The molecule has 1 aromatic rings. The van der Waals surface area contributed by atoms with Crippen LogP contribution in [-0.2, 0) is 28.4 Å². The Labute approximate surface area is 142 Å². The highest BCUT2D eigenvalue weighted by Crippen LogP contribution is 2.36. The molecule has 1 aromatic carbocycles. The summed E-state index contributed by atoms with van der Waals surface area (Å²) < 4.78 is 35.2. The minimum absolute atomic E-state index is 0.0178. The molecule has 2 aliphatic rings. The van der Waals surface area contributed by atoms with E-state index in [4.69, 9.17) is 28.4 Å². The van der Waals surface area contributed by atoms with Crippen LogP contribution in [0.5, 0.6) is 0 Å². The Morgan fingerprint density at radius 1 is 1.00 bits per heavy atom. The molecule has 0 aromatic heterocycles. The van der Waals surface area contributed by atoms with E-state index >= 15 is 0 Å². The molecular formula is C18H26O6. The van der Waals surface area contributed by atoms with Crippen molar-refractivity contribution >= 4 is 0 Å². The Morgan fingerprint density at radius 3 is 2.33 bits per heavy atom. The van der Waals surface area contributed by atoms with Crippen molar-refractivity contribution in [3.8, 4) is 0 Å². The lowest BCUT2D eigenvalue weighted by molar-refractivity contribution is -0.369. The van der Waals surface area contributed by atoms with Gasteiger partial charge in [-0.25, -0.2) is 0 Å². The molecule has 0 radical (unpaired) electrons. The number of hydrogen-bond acceptors (Lipinski definition) is 6. The highest BCUT2D eigenvalue weighted by molar-refractivity contribution is 5.16. The molecule has 0 spiro atoms. The Balaban J connectivity index is 1.77. The van der Waals surface area contributed by atoms with Crippen LogP contribution in [0.2, 0.25) is 0 Å². The molecule has 24 heavy (non-hydrogen) atoms. The number of fused-ring (bicyclic) bond motifs is 1. The van der Waals surface area contributed by atoms with Gasteiger partial charge in [-0.15, -0.1) is 0 Å². The monoisotopic (exact) mass is 338 g/mol. The van der Waals surface area contributed by atoms with E-state index in [-0.39, 0.29) is 30.5 Å². The normalized spacial score (nSPS) is 36.5. The number of ether oxygens (including phenoxy) is 6. The summed E-state index contributed by atoms with van der Waals surface area (Å²) in [5, 5.41) is 0. The van der Waals surface area contributed by atoms with Crippen molar-refractivity contribution in [2.45, 2.75) is 56.9 Å². The van der Waals surface area contributed by atoms with Gasteiger partial charge in [0.1, 0.15) is 24.4 Å². The molecule has 0 bridgehead atoms. The summed E-state index contributed by atoms with van der Waals surface area (Å²) >= 11 is 0. The fourth-order valence-electron chi connectivity index (χ4n) is 3.22. The number of methoxy groups -OCH3 is 2. The molecule has 134 valence electrons. The van der Waals surface area contributed by atoms with Crippen LogP contribution in [0.1, 0.15) is 25.7 Å². The second-order valence-corrected chi connectivity index (χ2v) is 6.31. The van der Waals surface area contributed by atoms with Crippen molar-refractivity contribution in [3.63, 3.8) is 0 Å². The molecule has 2 fully saturated rings. The third-order valence-corrected chi connectivity index (χ3v) is 4.31. The van der Waals surface area contributed by atoms with Crippen LogP contribution in [0.4, 0.5) is 0 Å². The summed E-state index contributed by atoms with van der Waals surface area (Å²) in [5.41, 5.74) is 0.973. The summed E-state index contributed by atoms with van der Waals surface area (Å²) in [6.07, 6.45) is -2.14. The predicted octanol–water partition coefficient (Wildman–Crippen LogP) is 2.28. The van der Waals surface area contributed by atoms with E-state index in [2.05, 4.69) is 0 Å². The maximum Gasteiger partial charge on any atom is 0.187 e. The van der Waals surface area contributed by atoms with Gasteiger partial charge in [0, 0.05) is 19.8 Å². The van der Waals surface area contributed by atoms with Gasteiger partial charge in [-0.2, -0.15) is 0 Å². The zero-order valence-corrected chi connectivity index (χ0v) is 14.6. The molecule has 3 rings (SSSR count). The van der Waals surface area contributed by atoms with Gasteiger partial charge in [-0.05, 0) is 13.8 Å². The summed E-state index contributed by atoms with van der Waals surface area (Å²) in [5.74, 6) is 0. The smallest absolute Gasteiger partial charge is 0.187 e. The lowest BCUT2D eigenvalue weighted by Gasteiger charge is -2.48. The number of benzene rings is 1. The third-order valence-electron chi connectivity index (χ3n) is 4.31. The first kappa shape index (κ1) is 17.8. The highest BCUT2D eigenvalue weighted by Gasteiger charge is 2.51. The average Bonchev–Trinajstić information content (AvgIpc) is 2.60. The topological polar surface area (TPSA) is 55.4 Å². The quantitative estimate of drug-likeness (QED) is 0.821. The van der Waals surface area contributed by atoms with Gasteiger partial charge < -0.3 is 28.4 Å². The van der Waals surface area contributed by atoms with E-state index in [0.29, 0.717) is 6.61 Å². The van der Waals surface area contributed by atoms with E-state index < -0.39 is 12.6 Å². The first-order valence-electron chi connectivity index (χ1n) is 8.32. The van der Waals surface area contributed by atoms with Crippen molar-refractivity contribution < 1.29 is 28.4 Å². The minimum Gasteiger partial charge on any atom is -0.376 e. The zero-order chi connectivity index (χ0) is 17.1. The Kier molecular flexibility index (Phi) is 5.86. The molecule has 0 N–H and O–H groups in total. The summed E-state index contributed by atoms with van der Waals surface area (Å²) in [4.78, 5) is 0. The highest BCUT2D eigenvalue weighted by atomic mass is 16.8. The van der Waals surface area contributed by atoms with Gasteiger partial charge in [-0.1, -0.05) is 30.3 Å². The van der Waals surface area contributed by atoms with Gasteiger partial charge >= 0.3 is 0 Å². The van der Waals surface area contributed by atoms with Gasteiger partial charge in [0.25, 0.3) is 0 Å². The molecule has 6 atom stereocenters. The van der Waals surface area contributed by atoms with Crippen LogP contribution in [0.3, 0.4) is 0 Å². The lowest BCUT2D eigenvalue weighted by Crippen LogP contribution is -2.63. The Bertz CT molecular complexity index is 507. The van der Waals surface area contributed by atoms with Crippen LogP contribution in [-0.4, -0.2) is 57.6 Å². The fraction of sp³-hybridized carbons (Fsp3) is 0.667. The van der Waals surface area contributed by atoms with E-state index in [1.165, 1.54) is 0 Å². The van der Waals surface area contributed by atoms with Crippen molar-refractivity contribution in [3.05, 3.63) is 35.9 Å². The van der Waals surface area contributed by atoms with Crippen molar-refractivity contribution in [2.75, 3.05) is 20.8 Å². The zero-order valence-electron chi connectivity index (χ0n) is 14.6. The van der Waals surface area contributed by atoms with Crippen LogP contribution >= 0.6 is 0 Å². The molecule has 0 saturated carbocycles. The fourth-order valence-corrected chi connectivity index (χ4v) is 3.22. The Morgan fingerprint density at radius 2 is 1.71 bits per heavy atom. The molecule has 1 unspecified atom stereocenters. The largest absolute Gasteiger partial charge is 0.376 e. The van der Waals surface area contributed by atoms with Gasteiger partial charge in [0.2, 0.25) is 0 Å². The maximum atomic E-state index is 6.16. The molecule has 2 saturated heterocycles. The van der Waals surface area contributed by atoms with Crippen LogP contribution < -0.4 is 0 Å². The van der Waals surface area contributed by atoms with Crippen molar-refractivity contribution in [2.24, 2.45) is 0 Å². The van der Waals surface area contributed by atoms with Crippen LogP contribution in [0, 0.1) is 0 Å². The molecule has 6 nitrogen and oxygen atoms in total. The summed E-state index contributed by atoms with van der Waals surface area (Å²) in [7, 11) is 3.28. The van der Waals surface area contributed by atoms with E-state index in [1.54, 1.807) is 14.2 Å². The molecular weight excluding hydrogens is 312 g/mol. The van der Waals surface area contributed by atoms with Crippen LogP contribution in [0.25, 0.3) is 0 Å². The average molecular weight is 338 g/mol. The first-order chi connectivity index (χ1) is 11.6.